The van der Waals surface area contributed by atoms with Crippen molar-refractivity contribution in [3.63, 3.8) is 0 Å². The van der Waals surface area contributed by atoms with Crippen LogP contribution >= 0.6 is 11.3 Å². The van der Waals surface area contributed by atoms with Gasteiger partial charge in [-0.3, -0.25) is 4.79 Å². The Labute approximate surface area is 173 Å². The summed E-state index contributed by atoms with van der Waals surface area (Å²) in [5.74, 6) is -1.51. The number of rotatable bonds is 7. The second-order valence-corrected chi connectivity index (χ2v) is 9.88. The minimum Gasteiger partial charge on any atom is -0.477 e. The molecule has 1 heterocycles. The third kappa shape index (κ3) is 4.81. The average molecular weight is 429 g/mol. The van der Waals surface area contributed by atoms with E-state index >= 15 is 0 Å². The van der Waals surface area contributed by atoms with Gasteiger partial charge in [0.25, 0.3) is 0 Å². The standard InChI is InChI=1S/C22H20O5S2/c1-14-6-3-4-9-20(14)29(26,27)13-18-12-19(28-21(18)22(24)25)17-8-5-7-16(11-17)10-15(2)23/h3-9,11-12H,10,13H2,1-2H3,(H,24,25). The zero-order valence-corrected chi connectivity index (χ0v) is 17.6. The molecule has 3 aromatic rings. The van der Waals surface area contributed by atoms with Crippen molar-refractivity contribution in [2.75, 3.05) is 0 Å². The Morgan fingerprint density at radius 1 is 1.03 bits per heavy atom. The van der Waals surface area contributed by atoms with E-state index in [2.05, 4.69) is 0 Å². The SMILES string of the molecule is CC(=O)Cc1cccc(-c2cc(CS(=O)(=O)c3ccccc3C)c(C(=O)O)s2)c1. The van der Waals surface area contributed by atoms with Gasteiger partial charge < -0.3 is 5.11 Å². The van der Waals surface area contributed by atoms with Crippen LogP contribution in [-0.4, -0.2) is 25.3 Å². The predicted octanol–water partition coefficient (Wildman–Crippen LogP) is 4.53. The van der Waals surface area contributed by atoms with E-state index in [0.29, 0.717) is 16.9 Å². The van der Waals surface area contributed by atoms with E-state index < -0.39 is 15.8 Å². The summed E-state index contributed by atoms with van der Waals surface area (Å²) in [6.07, 6.45) is 0.291. The number of ketones is 1. The summed E-state index contributed by atoms with van der Waals surface area (Å²) in [5, 5.41) is 9.59. The van der Waals surface area contributed by atoms with Crippen LogP contribution in [0.25, 0.3) is 10.4 Å². The third-order valence-electron chi connectivity index (χ3n) is 4.44. The molecule has 0 amide bonds. The van der Waals surface area contributed by atoms with Gasteiger partial charge in [0.15, 0.2) is 9.84 Å². The first-order chi connectivity index (χ1) is 13.7. The molecule has 0 radical (unpaired) electrons. The van der Waals surface area contributed by atoms with Crippen LogP contribution in [0.1, 0.15) is 33.3 Å². The summed E-state index contributed by atoms with van der Waals surface area (Å²) in [6, 6.07) is 15.6. The fourth-order valence-corrected chi connectivity index (χ4v) is 5.91. The maximum Gasteiger partial charge on any atom is 0.346 e. The van der Waals surface area contributed by atoms with Crippen LogP contribution in [0.2, 0.25) is 0 Å². The number of benzene rings is 2. The molecule has 150 valence electrons. The van der Waals surface area contributed by atoms with Gasteiger partial charge in [-0.25, -0.2) is 13.2 Å². The number of carboxylic acids is 1. The van der Waals surface area contributed by atoms with E-state index in [9.17, 15) is 23.1 Å². The van der Waals surface area contributed by atoms with Gasteiger partial charge in [-0.2, -0.15) is 0 Å². The average Bonchev–Trinajstić information content (AvgIpc) is 3.05. The zero-order valence-electron chi connectivity index (χ0n) is 16.0. The van der Waals surface area contributed by atoms with Crippen LogP contribution in [0.4, 0.5) is 0 Å². The highest BCUT2D eigenvalue weighted by molar-refractivity contribution is 7.90. The number of sulfone groups is 1. The first kappa shape index (κ1) is 21.0. The second kappa shape index (κ2) is 8.31. The molecule has 0 bridgehead atoms. The van der Waals surface area contributed by atoms with Gasteiger partial charge in [0.1, 0.15) is 10.7 Å². The molecule has 29 heavy (non-hydrogen) atoms. The van der Waals surface area contributed by atoms with Crippen LogP contribution in [0.5, 0.6) is 0 Å². The lowest BCUT2D eigenvalue weighted by Crippen LogP contribution is -2.08. The number of aromatic carboxylic acids is 1. The molecule has 0 aliphatic heterocycles. The van der Waals surface area contributed by atoms with Crippen molar-refractivity contribution in [3.05, 3.63) is 76.2 Å². The number of carbonyl (C=O) groups excluding carboxylic acids is 1. The van der Waals surface area contributed by atoms with E-state index in [1.807, 2.05) is 18.2 Å². The minimum atomic E-state index is -3.69. The Hall–Kier alpha value is -2.77. The molecule has 3 rings (SSSR count). The van der Waals surface area contributed by atoms with Crippen LogP contribution in [0.15, 0.2) is 59.5 Å². The van der Waals surface area contributed by atoms with Gasteiger partial charge in [-0.15, -0.1) is 11.3 Å². The van der Waals surface area contributed by atoms with Crippen molar-refractivity contribution in [2.24, 2.45) is 0 Å². The minimum absolute atomic E-state index is 0.00845. The lowest BCUT2D eigenvalue weighted by molar-refractivity contribution is -0.116. The van der Waals surface area contributed by atoms with Gasteiger partial charge in [-0.1, -0.05) is 36.4 Å². The number of aryl methyl sites for hydroxylation is 1. The van der Waals surface area contributed by atoms with Gasteiger partial charge in [0.05, 0.1) is 10.6 Å². The molecule has 7 heteroatoms. The molecule has 0 unspecified atom stereocenters. The fourth-order valence-electron chi connectivity index (χ4n) is 3.17. The highest BCUT2D eigenvalue weighted by Gasteiger charge is 2.24. The molecule has 0 spiro atoms. The largest absolute Gasteiger partial charge is 0.477 e. The molecule has 5 nitrogen and oxygen atoms in total. The maximum atomic E-state index is 12.9. The quantitative estimate of drug-likeness (QED) is 0.597. The molecule has 0 saturated carbocycles. The molecular formula is C22H20O5S2. The highest BCUT2D eigenvalue weighted by Crippen LogP contribution is 2.34. The van der Waals surface area contributed by atoms with Gasteiger partial charge >= 0.3 is 5.97 Å². The molecule has 0 aliphatic rings. The summed E-state index contributed by atoms with van der Waals surface area (Å²) in [6.45, 7) is 3.22. The smallest absolute Gasteiger partial charge is 0.346 e. The lowest BCUT2D eigenvalue weighted by atomic mass is 10.1. The first-order valence-corrected chi connectivity index (χ1v) is 11.4. The van der Waals surface area contributed by atoms with E-state index in [1.165, 1.54) is 13.0 Å². The summed E-state index contributed by atoms with van der Waals surface area (Å²) in [4.78, 5) is 24.0. The Balaban J connectivity index is 2.01. The Morgan fingerprint density at radius 3 is 2.41 bits per heavy atom. The Bertz CT molecular complexity index is 1190. The monoisotopic (exact) mass is 428 g/mol. The van der Waals surface area contributed by atoms with Gasteiger partial charge in [0, 0.05) is 11.3 Å². The van der Waals surface area contributed by atoms with Crippen molar-refractivity contribution in [1.29, 1.82) is 0 Å². The maximum absolute atomic E-state index is 12.9. The molecule has 0 atom stereocenters. The topological polar surface area (TPSA) is 88.5 Å². The zero-order chi connectivity index (χ0) is 21.2. The van der Waals surface area contributed by atoms with Crippen LogP contribution in [-0.2, 0) is 26.8 Å². The number of carbonyl (C=O) groups is 2. The van der Waals surface area contributed by atoms with Crippen molar-refractivity contribution in [2.45, 2.75) is 30.9 Å². The normalized spacial score (nSPS) is 11.4. The molecule has 1 N–H and O–H groups in total. The summed E-state index contributed by atoms with van der Waals surface area (Å²) >= 11 is 1.04. The molecule has 0 aliphatic carbocycles. The fraction of sp³-hybridized carbons (Fsp3) is 0.182. The predicted molar refractivity (Wildman–Crippen MR) is 113 cm³/mol. The molecule has 1 aromatic heterocycles. The van der Waals surface area contributed by atoms with Crippen LogP contribution in [0.3, 0.4) is 0 Å². The van der Waals surface area contributed by atoms with Crippen LogP contribution < -0.4 is 0 Å². The van der Waals surface area contributed by atoms with Crippen molar-refractivity contribution in [1.82, 2.24) is 0 Å². The number of hydrogen-bond acceptors (Lipinski definition) is 5. The Kier molecular flexibility index (Phi) is 6.00. The van der Waals surface area contributed by atoms with E-state index in [0.717, 1.165) is 22.5 Å². The van der Waals surface area contributed by atoms with E-state index in [-0.39, 0.29) is 26.9 Å². The van der Waals surface area contributed by atoms with E-state index in [4.69, 9.17) is 0 Å². The number of hydrogen-bond donors (Lipinski definition) is 1. The summed E-state index contributed by atoms with van der Waals surface area (Å²) < 4.78 is 25.8. The van der Waals surface area contributed by atoms with Crippen molar-refractivity contribution < 1.29 is 23.1 Å². The Morgan fingerprint density at radius 2 is 1.76 bits per heavy atom. The number of thiophene rings is 1. The lowest BCUT2D eigenvalue weighted by Gasteiger charge is -2.07. The summed E-state index contributed by atoms with van der Waals surface area (Å²) in [5.41, 5.74) is 2.47. The number of Topliss-reactive ketones (excluding diaryl/α,β-unsaturated/α-hetero) is 1. The van der Waals surface area contributed by atoms with E-state index in [1.54, 1.807) is 37.3 Å². The molecule has 0 saturated heterocycles. The van der Waals surface area contributed by atoms with Crippen molar-refractivity contribution in [3.8, 4) is 10.4 Å². The first-order valence-electron chi connectivity index (χ1n) is 8.90. The second-order valence-electron chi connectivity index (χ2n) is 6.87. The van der Waals surface area contributed by atoms with Crippen molar-refractivity contribution >= 4 is 32.9 Å². The highest BCUT2D eigenvalue weighted by atomic mass is 32.2. The summed E-state index contributed by atoms with van der Waals surface area (Å²) in [7, 11) is -3.69. The third-order valence-corrected chi connectivity index (χ3v) is 7.48. The van der Waals surface area contributed by atoms with Gasteiger partial charge in [0.2, 0.25) is 0 Å². The molecular weight excluding hydrogens is 408 g/mol. The molecule has 2 aromatic carbocycles. The van der Waals surface area contributed by atoms with Crippen LogP contribution in [0, 0.1) is 6.92 Å². The number of carboxylic acid groups (broad SMARTS) is 1. The molecule has 0 fully saturated rings. The van der Waals surface area contributed by atoms with Gasteiger partial charge in [-0.05, 0) is 54.3 Å².